The van der Waals surface area contributed by atoms with Gasteiger partial charge in [-0.2, -0.15) is 0 Å². The van der Waals surface area contributed by atoms with E-state index in [1.54, 1.807) is 0 Å². The van der Waals surface area contributed by atoms with Gasteiger partial charge in [0.05, 0.1) is 0 Å². The summed E-state index contributed by atoms with van der Waals surface area (Å²) in [6.45, 7) is 0. The van der Waals surface area contributed by atoms with Crippen LogP contribution in [0.15, 0.2) is 18.2 Å². The van der Waals surface area contributed by atoms with E-state index in [0.717, 1.165) is 11.3 Å². The molecule has 2 rings (SSSR count). The van der Waals surface area contributed by atoms with Crippen LogP contribution in [0.1, 0.15) is 5.56 Å². The number of carboxylic acid groups (broad SMARTS) is 1. The Kier molecular flexibility index (Phi) is 5.36. The van der Waals surface area contributed by atoms with Crippen LogP contribution in [0.25, 0.3) is 0 Å². The molecule has 1 aromatic rings. The number of nitrogens with zero attached hydrogens (tertiary/aromatic N) is 1. The van der Waals surface area contributed by atoms with Crippen molar-refractivity contribution in [2.24, 2.45) is 5.92 Å². The number of fused-ring (bicyclic) bond motifs is 1. The van der Waals surface area contributed by atoms with Gasteiger partial charge in [-0.25, -0.2) is 0 Å². The van der Waals surface area contributed by atoms with Crippen LogP contribution in [0.5, 0.6) is 0 Å². The zero-order valence-corrected chi connectivity index (χ0v) is 13.9. The average Bonchev–Trinajstić information content (AvgIpc) is 2.26. The molecule has 0 aliphatic carbocycles. The van der Waals surface area contributed by atoms with Crippen molar-refractivity contribution in [1.82, 2.24) is 0 Å². The Labute approximate surface area is 148 Å². The van der Waals surface area contributed by atoms with Crippen molar-refractivity contribution in [1.29, 1.82) is 0 Å². The van der Waals surface area contributed by atoms with Gasteiger partial charge in [0.2, 0.25) is 5.91 Å². The monoisotopic (exact) mass is 273 g/mol. The quantitative estimate of drug-likeness (QED) is 0.481. The van der Waals surface area contributed by atoms with E-state index in [1.165, 1.54) is 0 Å². The van der Waals surface area contributed by atoms with Gasteiger partial charge in [0, 0.05) is 25.5 Å². The number of carbonyl (C=O) groups excluding carboxylic acids is 1. The number of aliphatic carboxylic acids is 1. The number of benzene rings is 1. The molecule has 0 saturated heterocycles. The van der Waals surface area contributed by atoms with Gasteiger partial charge in [-0.15, -0.1) is 0 Å². The summed E-state index contributed by atoms with van der Waals surface area (Å²) in [4.78, 5) is 24.4. The summed E-state index contributed by atoms with van der Waals surface area (Å²) >= 11 is 0. The fourth-order valence-corrected chi connectivity index (χ4v) is 1.87. The van der Waals surface area contributed by atoms with E-state index in [2.05, 4.69) is 5.32 Å². The van der Waals surface area contributed by atoms with Crippen LogP contribution in [0, 0.1) is 5.92 Å². The molecule has 90 valence electrons. The molecule has 1 heterocycles. The SMILES string of the molecule is CN(C)c1ccc2c(c1)NC(=O)C(C(=O)O)C2.[K+]. The Morgan fingerprint density at radius 2 is 2.11 bits per heavy atom. The van der Waals surface area contributed by atoms with Crippen molar-refractivity contribution in [3.8, 4) is 0 Å². The first-order valence-corrected chi connectivity index (χ1v) is 5.33. The predicted molar refractivity (Wildman–Crippen MR) is 64.2 cm³/mol. The van der Waals surface area contributed by atoms with Crippen molar-refractivity contribution in [3.05, 3.63) is 23.8 Å². The summed E-state index contributed by atoms with van der Waals surface area (Å²) in [6, 6.07) is 5.63. The second kappa shape index (κ2) is 6.16. The van der Waals surface area contributed by atoms with Crippen LogP contribution in [0.4, 0.5) is 11.4 Å². The molecule has 0 radical (unpaired) electrons. The maximum atomic E-state index is 11.6. The van der Waals surface area contributed by atoms with Gasteiger partial charge >= 0.3 is 57.4 Å². The summed E-state index contributed by atoms with van der Waals surface area (Å²) < 4.78 is 0. The number of anilines is 2. The van der Waals surface area contributed by atoms with Gasteiger partial charge in [0.15, 0.2) is 0 Å². The fraction of sp³-hybridized carbons (Fsp3) is 0.333. The third kappa shape index (κ3) is 3.13. The molecule has 0 saturated carbocycles. The predicted octanol–water partition coefficient (Wildman–Crippen LogP) is -2.05. The molecule has 1 aliphatic rings. The van der Waals surface area contributed by atoms with Gasteiger partial charge in [-0.05, 0) is 24.1 Å². The largest absolute Gasteiger partial charge is 1.00 e. The summed E-state index contributed by atoms with van der Waals surface area (Å²) in [6.07, 6.45) is 0.254. The second-order valence-corrected chi connectivity index (χ2v) is 4.32. The standard InChI is InChI=1S/C12H14N2O3.K/c1-14(2)8-4-3-7-5-9(12(16)17)11(15)13-10(7)6-8;/h3-4,6,9H,5H2,1-2H3,(H,13,15)(H,16,17);/q;+1. The number of hydrogen-bond donors (Lipinski definition) is 2. The molecule has 5 nitrogen and oxygen atoms in total. The number of nitrogens with one attached hydrogen (secondary N) is 1. The molecule has 0 aromatic heterocycles. The van der Waals surface area contributed by atoms with E-state index >= 15 is 0 Å². The Morgan fingerprint density at radius 3 is 2.67 bits per heavy atom. The summed E-state index contributed by atoms with van der Waals surface area (Å²) in [5.74, 6) is -2.50. The van der Waals surface area contributed by atoms with E-state index < -0.39 is 17.8 Å². The van der Waals surface area contributed by atoms with E-state index in [9.17, 15) is 9.59 Å². The molecule has 1 aliphatic heterocycles. The summed E-state index contributed by atoms with van der Waals surface area (Å²) in [7, 11) is 3.82. The third-order valence-corrected chi connectivity index (χ3v) is 2.91. The first-order valence-electron chi connectivity index (χ1n) is 5.33. The minimum atomic E-state index is -1.08. The smallest absolute Gasteiger partial charge is 0.481 e. The molecule has 6 heteroatoms. The molecule has 0 spiro atoms. The van der Waals surface area contributed by atoms with Crippen molar-refractivity contribution in [3.63, 3.8) is 0 Å². The molecule has 0 fully saturated rings. The Morgan fingerprint density at radius 1 is 1.44 bits per heavy atom. The average molecular weight is 273 g/mol. The molecule has 0 bridgehead atoms. The Hall–Kier alpha value is -0.404. The van der Waals surface area contributed by atoms with Gasteiger partial charge in [-0.1, -0.05) is 6.07 Å². The minimum absolute atomic E-state index is 0. The van der Waals surface area contributed by atoms with Crippen LogP contribution in [0.3, 0.4) is 0 Å². The van der Waals surface area contributed by atoms with Gasteiger partial charge < -0.3 is 15.3 Å². The maximum absolute atomic E-state index is 11.6. The molecule has 2 N–H and O–H groups in total. The van der Waals surface area contributed by atoms with Gasteiger partial charge in [0.25, 0.3) is 0 Å². The number of rotatable bonds is 2. The second-order valence-electron chi connectivity index (χ2n) is 4.32. The molecule has 1 unspecified atom stereocenters. The molecule has 1 aromatic carbocycles. The zero-order chi connectivity index (χ0) is 12.6. The van der Waals surface area contributed by atoms with Crippen LogP contribution < -0.4 is 61.6 Å². The van der Waals surface area contributed by atoms with Crippen molar-refractivity contribution in [2.45, 2.75) is 6.42 Å². The van der Waals surface area contributed by atoms with Crippen LogP contribution in [-0.2, 0) is 16.0 Å². The number of hydrogen-bond acceptors (Lipinski definition) is 3. The zero-order valence-electron chi connectivity index (χ0n) is 10.7. The topological polar surface area (TPSA) is 69.6 Å². The fourth-order valence-electron chi connectivity index (χ4n) is 1.87. The number of carboxylic acids is 1. The molecular weight excluding hydrogens is 259 g/mol. The van der Waals surface area contributed by atoms with Crippen LogP contribution in [0.2, 0.25) is 0 Å². The van der Waals surface area contributed by atoms with Gasteiger partial charge in [-0.3, -0.25) is 9.59 Å². The van der Waals surface area contributed by atoms with Crippen molar-refractivity contribution < 1.29 is 66.1 Å². The van der Waals surface area contributed by atoms with Crippen LogP contribution in [-0.4, -0.2) is 31.1 Å². The first-order chi connectivity index (χ1) is 7.99. The van der Waals surface area contributed by atoms with E-state index in [4.69, 9.17) is 5.11 Å². The molecular formula is C12H14KN2O3+. The Balaban J connectivity index is 0.00000162. The minimum Gasteiger partial charge on any atom is -0.481 e. The summed E-state index contributed by atoms with van der Waals surface area (Å²) in [5.41, 5.74) is 2.54. The summed E-state index contributed by atoms with van der Waals surface area (Å²) in [5, 5.41) is 11.5. The number of amides is 1. The molecule has 1 atom stereocenters. The Bertz CT molecular complexity index is 488. The van der Waals surface area contributed by atoms with Crippen molar-refractivity contribution >= 4 is 23.3 Å². The van der Waals surface area contributed by atoms with E-state index in [1.807, 2.05) is 37.2 Å². The van der Waals surface area contributed by atoms with E-state index in [0.29, 0.717) is 5.69 Å². The third-order valence-electron chi connectivity index (χ3n) is 2.91. The molecule has 18 heavy (non-hydrogen) atoms. The van der Waals surface area contributed by atoms with Crippen LogP contribution >= 0.6 is 0 Å². The van der Waals surface area contributed by atoms with Gasteiger partial charge in [0.1, 0.15) is 5.92 Å². The first kappa shape index (κ1) is 15.7. The number of carbonyl (C=O) groups is 2. The normalized spacial score (nSPS) is 17.2. The van der Waals surface area contributed by atoms with Crippen molar-refractivity contribution in [2.75, 3.05) is 24.3 Å². The maximum Gasteiger partial charge on any atom is 1.00 e. The van der Waals surface area contributed by atoms with E-state index in [-0.39, 0.29) is 57.8 Å². The molecule has 1 amide bonds.